The molecule has 0 aliphatic carbocycles. The molecule has 0 saturated heterocycles. The van der Waals surface area contributed by atoms with E-state index in [0.29, 0.717) is 0 Å². The van der Waals surface area contributed by atoms with E-state index in [4.69, 9.17) is 11.6 Å². The summed E-state index contributed by atoms with van der Waals surface area (Å²) in [7, 11) is 0. The number of nitrogens with one attached hydrogen (secondary N) is 2. The number of benzene rings is 1. The Morgan fingerprint density at radius 1 is 1.33 bits per heavy atom. The summed E-state index contributed by atoms with van der Waals surface area (Å²) < 4.78 is 0. The summed E-state index contributed by atoms with van der Waals surface area (Å²) in [6, 6.07) is 7.89. The van der Waals surface area contributed by atoms with Gasteiger partial charge in [-0.25, -0.2) is 5.43 Å². The number of aryl methyl sites for hydroxylation is 1. The summed E-state index contributed by atoms with van der Waals surface area (Å²) >= 11 is 0. The van der Waals surface area contributed by atoms with Crippen molar-refractivity contribution in [1.82, 2.24) is 11.0 Å². The maximum Gasteiger partial charge on any atom is 0.0954 e. The van der Waals surface area contributed by atoms with Gasteiger partial charge in [0.1, 0.15) is 0 Å². The minimum absolute atomic E-state index is 0.267. The third-order valence-corrected chi connectivity index (χ3v) is 1.76. The molecule has 66 valence electrons. The van der Waals surface area contributed by atoms with Gasteiger partial charge in [0.15, 0.2) is 0 Å². The highest BCUT2D eigenvalue weighted by molar-refractivity contribution is 5.27. The van der Waals surface area contributed by atoms with Gasteiger partial charge in [0.25, 0.3) is 0 Å². The molecule has 4 nitrogen and oxygen atoms in total. The first kappa shape index (κ1) is 9.15. The van der Waals surface area contributed by atoms with Gasteiger partial charge in [-0.2, -0.15) is 5.53 Å². The molecule has 1 unspecified atom stereocenters. The van der Waals surface area contributed by atoms with E-state index in [9.17, 15) is 0 Å². The topological polar surface area (TPSA) is 76.1 Å². The molecular weight excluding hydrogens is 152 g/mol. The predicted molar refractivity (Wildman–Crippen MR) is 48.6 cm³/mol. The zero-order chi connectivity index (χ0) is 8.97. The summed E-state index contributed by atoms with van der Waals surface area (Å²) in [5, 5.41) is 0. The van der Waals surface area contributed by atoms with Crippen molar-refractivity contribution in [3.8, 4) is 0 Å². The average Bonchev–Trinajstić information content (AvgIpc) is 2.05. The third kappa shape index (κ3) is 2.02. The van der Waals surface area contributed by atoms with E-state index in [2.05, 4.69) is 11.0 Å². The van der Waals surface area contributed by atoms with Crippen LogP contribution in [0.3, 0.4) is 0 Å². The van der Waals surface area contributed by atoms with Crippen molar-refractivity contribution in [3.63, 3.8) is 0 Å². The van der Waals surface area contributed by atoms with E-state index in [1.54, 1.807) is 0 Å². The Morgan fingerprint density at radius 2 is 2.00 bits per heavy atom. The van der Waals surface area contributed by atoms with Gasteiger partial charge in [-0.1, -0.05) is 24.3 Å². The van der Waals surface area contributed by atoms with Crippen molar-refractivity contribution in [2.24, 2.45) is 11.6 Å². The van der Waals surface area contributed by atoms with Crippen molar-refractivity contribution in [1.29, 1.82) is 0 Å². The van der Waals surface area contributed by atoms with Gasteiger partial charge in [-0.05, 0) is 18.1 Å². The molecule has 0 bridgehead atoms. The monoisotopic (exact) mass is 166 g/mol. The molecule has 0 amide bonds. The molecule has 6 N–H and O–H groups in total. The first-order chi connectivity index (χ1) is 5.75. The Balaban J connectivity index is 2.79. The molecule has 4 heteroatoms. The molecule has 12 heavy (non-hydrogen) atoms. The number of hydrogen-bond donors (Lipinski definition) is 4. The maximum atomic E-state index is 5.75. The Kier molecular flexibility index (Phi) is 3.19. The zero-order valence-corrected chi connectivity index (χ0v) is 7.04. The minimum atomic E-state index is -0.267. The van der Waals surface area contributed by atoms with Gasteiger partial charge in [0, 0.05) is 0 Å². The summed E-state index contributed by atoms with van der Waals surface area (Å²) in [6.07, 6.45) is -0.267. The van der Waals surface area contributed by atoms with Gasteiger partial charge < -0.3 is 5.73 Å². The lowest BCUT2D eigenvalue weighted by Crippen LogP contribution is -2.44. The van der Waals surface area contributed by atoms with Crippen LogP contribution < -0.4 is 22.5 Å². The quantitative estimate of drug-likeness (QED) is 0.288. The first-order valence-electron chi connectivity index (χ1n) is 3.78. The molecule has 0 aliphatic rings. The molecule has 0 saturated carbocycles. The molecule has 1 atom stereocenters. The molecular formula is C8H14N4. The normalized spacial score (nSPS) is 12.9. The number of hydrogen-bond acceptors (Lipinski definition) is 4. The molecule has 0 aliphatic heterocycles. The first-order valence-corrected chi connectivity index (χ1v) is 3.78. The molecule has 0 spiro atoms. The fourth-order valence-corrected chi connectivity index (χ4v) is 1.10. The molecule has 0 fully saturated rings. The number of nitrogens with two attached hydrogens (primary N) is 2. The second-order valence-electron chi connectivity index (χ2n) is 2.62. The van der Waals surface area contributed by atoms with Crippen LogP contribution in [0, 0.1) is 6.92 Å². The van der Waals surface area contributed by atoms with Gasteiger partial charge in [0.05, 0.1) is 6.17 Å². The van der Waals surface area contributed by atoms with Gasteiger partial charge in [-0.15, -0.1) is 0 Å². The van der Waals surface area contributed by atoms with Gasteiger partial charge >= 0.3 is 0 Å². The fourth-order valence-electron chi connectivity index (χ4n) is 1.10. The van der Waals surface area contributed by atoms with Crippen LogP contribution in [-0.2, 0) is 0 Å². The highest BCUT2D eigenvalue weighted by Gasteiger charge is 2.05. The molecule has 0 heterocycles. The van der Waals surface area contributed by atoms with Crippen LogP contribution >= 0.6 is 0 Å². The lowest BCUT2D eigenvalue weighted by molar-refractivity contribution is 0.459. The number of hydrazine groups is 2. The van der Waals surface area contributed by atoms with E-state index in [1.165, 1.54) is 0 Å². The van der Waals surface area contributed by atoms with Crippen molar-refractivity contribution >= 4 is 0 Å². The van der Waals surface area contributed by atoms with E-state index < -0.39 is 0 Å². The third-order valence-electron chi connectivity index (χ3n) is 1.76. The van der Waals surface area contributed by atoms with Crippen LogP contribution in [0.1, 0.15) is 17.3 Å². The fraction of sp³-hybridized carbons (Fsp3) is 0.250. The van der Waals surface area contributed by atoms with Crippen LogP contribution in [0.25, 0.3) is 0 Å². The molecule has 1 aromatic rings. The summed E-state index contributed by atoms with van der Waals surface area (Å²) in [5.74, 6) is 5.08. The molecule has 1 rings (SSSR count). The lowest BCUT2D eigenvalue weighted by atomic mass is 10.1. The van der Waals surface area contributed by atoms with Crippen LogP contribution in [-0.4, -0.2) is 0 Å². The Bertz CT molecular complexity index is 249. The zero-order valence-electron chi connectivity index (χ0n) is 7.04. The van der Waals surface area contributed by atoms with Gasteiger partial charge in [0.2, 0.25) is 0 Å². The van der Waals surface area contributed by atoms with Crippen LogP contribution in [0.4, 0.5) is 0 Å². The lowest BCUT2D eigenvalue weighted by Gasteiger charge is -2.14. The molecule has 0 radical (unpaired) electrons. The SMILES string of the molecule is Cc1ccccc1C(N)NNN. The van der Waals surface area contributed by atoms with E-state index >= 15 is 0 Å². The minimum Gasteiger partial charge on any atom is -0.311 e. The number of rotatable bonds is 3. The van der Waals surface area contributed by atoms with Crippen LogP contribution in [0.15, 0.2) is 24.3 Å². The Labute approximate surface area is 71.9 Å². The van der Waals surface area contributed by atoms with E-state index in [1.807, 2.05) is 31.2 Å². The van der Waals surface area contributed by atoms with Crippen molar-refractivity contribution in [3.05, 3.63) is 35.4 Å². The van der Waals surface area contributed by atoms with Gasteiger partial charge in [-0.3, -0.25) is 5.84 Å². The van der Waals surface area contributed by atoms with Crippen molar-refractivity contribution < 1.29 is 0 Å². The maximum absolute atomic E-state index is 5.75. The van der Waals surface area contributed by atoms with E-state index in [0.717, 1.165) is 11.1 Å². The Morgan fingerprint density at radius 3 is 2.58 bits per heavy atom. The highest BCUT2D eigenvalue weighted by atomic mass is 15.5. The second-order valence-corrected chi connectivity index (χ2v) is 2.62. The largest absolute Gasteiger partial charge is 0.311 e. The molecule has 0 aromatic heterocycles. The standard InChI is InChI=1S/C8H14N4/c1-6-4-2-3-5-7(6)8(9)11-12-10/h2-5,8,11-12H,9-10H2,1H3. The summed E-state index contributed by atoms with van der Waals surface area (Å²) in [6.45, 7) is 2.01. The summed E-state index contributed by atoms with van der Waals surface area (Å²) in [4.78, 5) is 0. The van der Waals surface area contributed by atoms with E-state index in [-0.39, 0.29) is 6.17 Å². The predicted octanol–water partition coefficient (Wildman–Crippen LogP) is -0.0798. The Hall–Kier alpha value is -0.940. The smallest absolute Gasteiger partial charge is 0.0954 e. The second kappa shape index (κ2) is 4.18. The van der Waals surface area contributed by atoms with Crippen molar-refractivity contribution in [2.75, 3.05) is 0 Å². The average molecular weight is 166 g/mol. The highest BCUT2D eigenvalue weighted by Crippen LogP contribution is 2.11. The van der Waals surface area contributed by atoms with Crippen LogP contribution in [0.2, 0.25) is 0 Å². The van der Waals surface area contributed by atoms with Crippen molar-refractivity contribution in [2.45, 2.75) is 13.1 Å². The summed E-state index contributed by atoms with van der Waals surface area (Å²) in [5.41, 5.74) is 13.0. The van der Waals surface area contributed by atoms with Crippen LogP contribution in [0.5, 0.6) is 0 Å². The molecule has 1 aromatic carbocycles.